The van der Waals surface area contributed by atoms with Crippen molar-refractivity contribution < 1.29 is 27.6 Å². The van der Waals surface area contributed by atoms with Gasteiger partial charge in [0, 0.05) is 31.8 Å². The monoisotopic (exact) mass is 532 g/mol. The molecule has 0 unspecified atom stereocenters. The third kappa shape index (κ3) is 5.99. The average Bonchev–Trinajstić information content (AvgIpc) is 2.93. The highest BCUT2D eigenvalue weighted by molar-refractivity contribution is 5.98. The smallest absolute Gasteiger partial charge is 0.416 e. The van der Waals surface area contributed by atoms with Crippen molar-refractivity contribution in [3.63, 3.8) is 0 Å². The van der Waals surface area contributed by atoms with Crippen LogP contribution in [0.1, 0.15) is 32.6 Å². The second-order valence-electron chi connectivity index (χ2n) is 9.33. The number of hydrogen-bond acceptors (Lipinski definition) is 5. The maximum absolute atomic E-state index is 13.1. The van der Waals surface area contributed by atoms with Crippen LogP contribution in [-0.4, -0.2) is 22.3 Å². The summed E-state index contributed by atoms with van der Waals surface area (Å²) in [5.74, 6) is -0.221. The fourth-order valence-electron chi connectivity index (χ4n) is 4.73. The van der Waals surface area contributed by atoms with Crippen LogP contribution in [0, 0.1) is 10.1 Å². The van der Waals surface area contributed by atoms with Crippen LogP contribution in [0.2, 0.25) is 0 Å². The molecule has 0 bridgehead atoms. The van der Waals surface area contributed by atoms with E-state index in [0.29, 0.717) is 30.0 Å². The number of non-ortho nitro benzene ring substituents is 1. The van der Waals surface area contributed by atoms with Crippen molar-refractivity contribution in [2.45, 2.75) is 25.7 Å². The number of esters is 1. The van der Waals surface area contributed by atoms with Gasteiger partial charge >= 0.3 is 12.1 Å². The molecule has 0 radical (unpaired) electrons. The van der Waals surface area contributed by atoms with Crippen molar-refractivity contribution in [2.75, 3.05) is 6.54 Å². The number of nitro benzene ring substituents is 1. The van der Waals surface area contributed by atoms with Gasteiger partial charge in [0.15, 0.2) is 0 Å². The molecular weight excluding hydrogens is 509 g/mol. The van der Waals surface area contributed by atoms with Gasteiger partial charge in [0.05, 0.1) is 16.1 Å². The number of hydrogen-bond donors (Lipinski definition) is 0. The molecule has 0 spiro atoms. The van der Waals surface area contributed by atoms with Crippen molar-refractivity contribution >= 4 is 11.7 Å². The Bertz CT molecular complexity index is 1530. The Morgan fingerprint density at radius 2 is 1.69 bits per heavy atom. The Morgan fingerprint density at radius 3 is 2.44 bits per heavy atom. The number of halogens is 3. The van der Waals surface area contributed by atoms with Gasteiger partial charge in [-0.15, -0.1) is 0 Å². The first-order valence-electron chi connectivity index (χ1n) is 12.2. The zero-order valence-electron chi connectivity index (χ0n) is 20.6. The predicted molar refractivity (Wildman–Crippen MR) is 139 cm³/mol. The minimum atomic E-state index is -4.44. The lowest BCUT2D eigenvalue weighted by Gasteiger charge is -2.29. The molecule has 5 rings (SSSR count). The van der Waals surface area contributed by atoms with E-state index in [2.05, 4.69) is 4.90 Å². The number of rotatable bonds is 6. The molecule has 6 nitrogen and oxygen atoms in total. The summed E-state index contributed by atoms with van der Waals surface area (Å²) in [7, 11) is 0. The maximum Gasteiger partial charge on any atom is 0.416 e. The number of nitrogens with zero attached hydrogens (tertiary/aromatic N) is 2. The van der Waals surface area contributed by atoms with E-state index in [4.69, 9.17) is 4.74 Å². The molecule has 0 amide bonds. The molecule has 1 heterocycles. The van der Waals surface area contributed by atoms with Gasteiger partial charge in [0.25, 0.3) is 5.69 Å². The van der Waals surface area contributed by atoms with Gasteiger partial charge in [-0.1, -0.05) is 48.5 Å². The van der Waals surface area contributed by atoms with Crippen LogP contribution >= 0.6 is 0 Å². The minimum absolute atomic E-state index is 0.0660. The fourth-order valence-corrected chi connectivity index (χ4v) is 4.73. The van der Waals surface area contributed by atoms with Crippen LogP contribution in [0.15, 0.2) is 91.0 Å². The molecule has 1 aliphatic rings. The molecular formula is C30H23F3N2O4. The minimum Gasteiger partial charge on any atom is -0.423 e. The van der Waals surface area contributed by atoms with Crippen LogP contribution < -0.4 is 4.74 Å². The van der Waals surface area contributed by atoms with E-state index >= 15 is 0 Å². The summed E-state index contributed by atoms with van der Waals surface area (Å²) in [6.07, 6.45) is -3.72. The molecule has 1 aliphatic heterocycles. The quantitative estimate of drug-likeness (QED) is 0.115. The molecule has 0 aromatic heterocycles. The third-order valence-electron chi connectivity index (χ3n) is 6.68. The predicted octanol–water partition coefficient (Wildman–Crippen LogP) is 7.06. The van der Waals surface area contributed by atoms with Crippen molar-refractivity contribution in [1.29, 1.82) is 0 Å². The van der Waals surface area contributed by atoms with Gasteiger partial charge in [-0.2, -0.15) is 13.2 Å². The lowest BCUT2D eigenvalue weighted by atomic mass is 9.98. The molecule has 0 N–H and O–H groups in total. The third-order valence-corrected chi connectivity index (χ3v) is 6.68. The SMILES string of the molecule is O=C(Oc1ccc2c(c1)CCN(Cc1cccc([N+](=O)[O-])c1)C2)c1ccccc1-c1ccc(C(F)(F)F)cc1. The van der Waals surface area contributed by atoms with Crippen LogP contribution in [0.5, 0.6) is 5.75 Å². The lowest BCUT2D eigenvalue weighted by molar-refractivity contribution is -0.384. The first-order valence-corrected chi connectivity index (χ1v) is 12.2. The van der Waals surface area contributed by atoms with E-state index in [-0.39, 0.29) is 11.3 Å². The van der Waals surface area contributed by atoms with Gasteiger partial charge in [0.2, 0.25) is 0 Å². The number of carbonyl (C=O) groups is 1. The zero-order chi connectivity index (χ0) is 27.6. The normalized spacial score (nSPS) is 13.5. The molecule has 198 valence electrons. The fraction of sp³-hybridized carbons (Fsp3) is 0.167. The first kappa shape index (κ1) is 26.1. The Balaban J connectivity index is 1.28. The number of benzene rings is 4. The van der Waals surface area contributed by atoms with E-state index in [9.17, 15) is 28.1 Å². The zero-order valence-corrected chi connectivity index (χ0v) is 20.6. The topological polar surface area (TPSA) is 72.7 Å². The van der Waals surface area contributed by atoms with Crippen LogP contribution in [0.3, 0.4) is 0 Å². The number of alkyl halides is 3. The summed E-state index contributed by atoms with van der Waals surface area (Å²) in [6, 6.07) is 23.4. The lowest BCUT2D eigenvalue weighted by Crippen LogP contribution is -2.30. The molecule has 4 aromatic carbocycles. The Labute approximate surface area is 222 Å². The summed E-state index contributed by atoms with van der Waals surface area (Å²) < 4.78 is 44.5. The molecule has 9 heteroatoms. The summed E-state index contributed by atoms with van der Waals surface area (Å²) in [5.41, 5.74) is 3.50. The second-order valence-corrected chi connectivity index (χ2v) is 9.33. The van der Waals surface area contributed by atoms with E-state index in [1.165, 1.54) is 18.2 Å². The molecule has 0 aliphatic carbocycles. The summed E-state index contributed by atoms with van der Waals surface area (Å²) in [6.45, 7) is 1.98. The van der Waals surface area contributed by atoms with Crippen molar-refractivity contribution in [3.8, 4) is 16.9 Å². The van der Waals surface area contributed by atoms with E-state index in [1.54, 1.807) is 42.5 Å². The van der Waals surface area contributed by atoms with E-state index in [0.717, 1.165) is 41.8 Å². The average molecular weight is 533 g/mol. The van der Waals surface area contributed by atoms with Crippen LogP contribution in [0.25, 0.3) is 11.1 Å². The summed E-state index contributed by atoms with van der Waals surface area (Å²) in [4.78, 5) is 25.9. The number of ether oxygens (including phenoxy) is 1. The highest BCUT2D eigenvalue weighted by Crippen LogP contribution is 2.32. The highest BCUT2D eigenvalue weighted by atomic mass is 19.4. The van der Waals surface area contributed by atoms with Crippen molar-refractivity contribution in [3.05, 3.63) is 129 Å². The Hall–Kier alpha value is -4.50. The number of carbonyl (C=O) groups excluding carboxylic acids is 1. The van der Waals surface area contributed by atoms with Gasteiger partial charge in [0.1, 0.15) is 5.75 Å². The highest BCUT2D eigenvalue weighted by Gasteiger charge is 2.30. The first-order chi connectivity index (χ1) is 18.7. The Morgan fingerprint density at radius 1 is 0.923 bits per heavy atom. The molecule has 4 aromatic rings. The van der Waals surface area contributed by atoms with E-state index < -0.39 is 22.6 Å². The molecule has 0 saturated carbocycles. The molecule has 0 atom stereocenters. The standard InChI is InChI=1S/C30H23F3N2O4/c31-30(32,33)24-11-8-21(9-12-24)27-6-1-2-7-28(27)29(36)39-26-13-10-23-19-34(15-14-22(23)17-26)18-20-4-3-5-25(16-20)35(37)38/h1-13,16-17H,14-15,18-19H2. The van der Waals surface area contributed by atoms with Crippen LogP contribution in [-0.2, 0) is 25.7 Å². The largest absolute Gasteiger partial charge is 0.423 e. The summed E-state index contributed by atoms with van der Waals surface area (Å²) in [5, 5.41) is 11.1. The second kappa shape index (κ2) is 10.7. The van der Waals surface area contributed by atoms with E-state index in [1.807, 2.05) is 18.2 Å². The number of fused-ring (bicyclic) bond motifs is 1. The Kier molecular flexibility index (Phi) is 7.17. The van der Waals surface area contributed by atoms with Gasteiger partial charge in [-0.05, 0) is 64.6 Å². The molecule has 0 fully saturated rings. The van der Waals surface area contributed by atoms with Gasteiger partial charge in [-0.25, -0.2) is 4.79 Å². The maximum atomic E-state index is 13.1. The van der Waals surface area contributed by atoms with Crippen molar-refractivity contribution in [1.82, 2.24) is 4.90 Å². The van der Waals surface area contributed by atoms with Gasteiger partial charge in [-0.3, -0.25) is 15.0 Å². The van der Waals surface area contributed by atoms with Gasteiger partial charge < -0.3 is 4.74 Å². The molecule has 0 saturated heterocycles. The number of nitro groups is 1. The van der Waals surface area contributed by atoms with Crippen molar-refractivity contribution in [2.24, 2.45) is 0 Å². The molecule has 39 heavy (non-hydrogen) atoms. The summed E-state index contributed by atoms with van der Waals surface area (Å²) >= 11 is 0. The van der Waals surface area contributed by atoms with Crippen LogP contribution in [0.4, 0.5) is 18.9 Å².